The van der Waals surface area contributed by atoms with E-state index in [1.54, 1.807) is 0 Å². The van der Waals surface area contributed by atoms with Gasteiger partial charge in [-0.2, -0.15) is 0 Å². The molecule has 6 heteroatoms. The molecule has 0 unspecified atom stereocenters. The molecule has 0 radical (unpaired) electrons. The number of anilines is 6. The third-order valence-corrected chi connectivity index (χ3v) is 24.1. The maximum Gasteiger partial charge on any atom is 0.184 e. The molecule has 10 aromatic carbocycles. The third-order valence-electron chi connectivity index (χ3n) is 14.4. The number of hydrogen-bond acceptors (Lipinski definition) is 4. The van der Waals surface area contributed by atoms with Gasteiger partial charge in [0, 0.05) is 45.6 Å². The Kier molecular flexibility index (Phi) is 10.2. The zero-order valence-electron chi connectivity index (χ0n) is 38.3. The second-order valence-electron chi connectivity index (χ2n) is 18.1. The minimum absolute atomic E-state index is 0.657. The predicted molar refractivity (Wildman–Crippen MR) is 297 cm³/mol. The first-order valence-electron chi connectivity index (χ1n) is 24.0. The molecule has 1 aromatic heterocycles. The van der Waals surface area contributed by atoms with Gasteiger partial charge in [-0.1, -0.05) is 237 Å². The van der Waals surface area contributed by atoms with E-state index in [1.807, 2.05) is 0 Å². The Balaban J connectivity index is 1.02. The molecule has 0 spiro atoms. The van der Waals surface area contributed by atoms with E-state index in [0.717, 1.165) is 39.7 Å². The van der Waals surface area contributed by atoms with Crippen LogP contribution >= 0.6 is 0 Å². The van der Waals surface area contributed by atoms with Crippen molar-refractivity contribution in [3.05, 3.63) is 279 Å². The molecule has 0 saturated heterocycles. The summed E-state index contributed by atoms with van der Waals surface area (Å²) in [5, 5.41) is 10.8. The van der Waals surface area contributed by atoms with E-state index in [0.29, 0.717) is 5.82 Å². The van der Waals surface area contributed by atoms with Gasteiger partial charge in [-0.25, -0.2) is 9.97 Å². The lowest BCUT2D eigenvalue weighted by Crippen LogP contribution is -2.77. The minimum atomic E-state index is -2.83. The van der Waals surface area contributed by atoms with Crippen LogP contribution in [0.4, 0.5) is 34.3 Å². The van der Waals surface area contributed by atoms with Crippen LogP contribution in [0.1, 0.15) is 0 Å². The molecule has 0 N–H and O–H groups in total. The predicted octanol–water partition coefficient (Wildman–Crippen LogP) is 10.1. The fourth-order valence-corrected chi connectivity index (χ4v) is 21.8. The Morgan fingerprint density at radius 3 is 1.03 bits per heavy atom. The van der Waals surface area contributed by atoms with Crippen molar-refractivity contribution < 1.29 is 0 Å². The number of para-hydroxylation sites is 4. The SMILES string of the molecule is c1ccc(-c2cc(N3c4ccccc4[Si](c4ccccc4)(c4ccccc4)c4ccccc43)nc(-c3cccc(N4c5ccccc5[Si](c5ccccc5)(c5ccccc5)c5ccccc54)c3)n2)cc1. The molecule has 0 fully saturated rings. The summed E-state index contributed by atoms with van der Waals surface area (Å²) in [5.41, 5.74) is 8.49. The van der Waals surface area contributed by atoms with Crippen molar-refractivity contribution in [2.75, 3.05) is 9.80 Å². The van der Waals surface area contributed by atoms with Gasteiger partial charge in [-0.05, 0) is 77.9 Å². The maximum absolute atomic E-state index is 5.64. The molecule has 2 aliphatic heterocycles. The number of nitrogens with zero attached hydrogens (tertiary/aromatic N) is 4. The lowest BCUT2D eigenvalue weighted by molar-refractivity contribution is 1.12. The molecule has 2 aliphatic rings. The Labute approximate surface area is 411 Å². The highest BCUT2D eigenvalue weighted by atomic mass is 28.3. The summed E-state index contributed by atoms with van der Waals surface area (Å²) >= 11 is 0. The first kappa shape index (κ1) is 41.5. The smallest absolute Gasteiger partial charge is 0.184 e. The summed E-state index contributed by atoms with van der Waals surface area (Å²) in [6.45, 7) is 0. The molecule has 70 heavy (non-hydrogen) atoms. The van der Waals surface area contributed by atoms with Crippen LogP contribution in [0.3, 0.4) is 0 Å². The molecule has 0 amide bonds. The quantitative estimate of drug-likeness (QED) is 0.142. The summed E-state index contributed by atoms with van der Waals surface area (Å²) in [7, 11) is -5.61. The van der Waals surface area contributed by atoms with Crippen molar-refractivity contribution in [1.82, 2.24) is 9.97 Å². The van der Waals surface area contributed by atoms with Gasteiger partial charge in [0.25, 0.3) is 0 Å². The molecule has 3 heterocycles. The van der Waals surface area contributed by atoms with E-state index in [4.69, 9.17) is 9.97 Å². The van der Waals surface area contributed by atoms with Crippen molar-refractivity contribution in [2.24, 2.45) is 0 Å². The van der Waals surface area contributed by atoms with Crippen LogP contribution in [-0.2, 0) is 0 Å². The summed E-state index contributed by atoms with van der Waals surface area (Å²) in [5.74, 6) is 1.47. The van der Waals surface area contributed by atoms with E-state index in [2.05, 4.69) is 289 Å². The lowest BCUT2D eigenvalue weighted by atomic mass is 10.1. The van der Waals surface area contributed by atoms with Crippen LogP contribution in [0, 0.1) is 0 Å². The second kappa shape index (κ2) is 17.1. The number of fused-ring (bicyclic) bond motifs is 4. The van der Waals surface area contributed by atoms with Gasteiger partial charge >= 0.3 is 0 Å². The fraction of sp³-hybridized carbons (Fsp3) is 0. The summed E-state index contributed by atoms with van der Waals surface area (Å²) in [6, 6.07) is 102. The van der Waals surface area contributed by atoms with Crippen molar-refractivity contribution in [1.29, 1.82) is 0 Å². The van der Waals surface area contributed by atoms with Crippen LogP contribution < -0.4 is 51.3 Å². The highest BCUT2D eigenvalue weighted by Crippen LogP contribution is 2.42. The van der Waals surface area contributed by atoms with Gasteiger partial charge in [0.15, 0.2) is 22.0 Å². The second-order valence-corrected chi connectivity index (χ2v) is 25.5. The molecule has 13 rings (SSSR count). The van der Waals surface area contributed by atoms with Crippen molar-refractivity contribution >= 4 is 91.9 Å². The van der Waals surface area contributed by atoms with Crippen LogP contribution in [-0.4, -0.2) is 26.1 Å². The highest BCUT2D eigenvalue weighted by molar-refractivity contribution is 7.22. The van der Waals surface area contributed by atoms with Gasteiger partial charge in [-0.15, -0.1) is 0 Å². The average molecular weight is 927 g/mol. The monoisotopic (exact) mass is 926 g/mol. The van der Waals surface area contributed by atoms with Gasteiger partial charge in [0.05, 0.1) is 5.69 Å². The normalized spacial score (nSPS) is 13.9. The van der Waals surface area contributed by atoms with Crippen LogP contribution in [0.15, 0.2) is 279 Å². The zero-order chi connectivity index (χ0) is 46.5. The van der Waals surface area contributed by atoms with Crippen molar-refractivity contribution in [3.8, 4) is 22.6 Å². The minimum Gasteiger partial charge on any atom is -0.311 e. The van der Waals surface area contributed by atoms with Gasteiger partial charge < -0.3 is 4.90 Å². The molecule has 0 saturated carbocycles. The summed E-state index contributed by atoms with van der Waals surface area (Å²) in [4.78, 5) is 15.9. The zero-order valence-corrected chi connectivity index (χ0v) is 40.3. The third kappa shape index (κ3) is 6.42. The molecule has 0 aliphatic carbocycles. The Morgan fingerprint density at radius 1 is 0.271 bits per heavy atom. The van der Waals surface area contributed by atoms with Gasteiger partial charge in [-0.3, -0.25) is 4.90 Å². The van der Waals surface area contributed by atoms with E-state index in [1.165, 1.54) is 52.9 Å². The van der Waals surface area contributed by atoms with Crippen molar-refractivity contribution in [3.63, 3.8) is 0 Å². The van der Waals surface area contributed by atoms with Crippen LogP contribution in [0.25, 0.3) is 22.6 Å². The van der Waals surface area contributed by atoms with Crippen LogP contribution in [0.5, 0.6) is 0 Å². The number of hydrogen-bond donors (Lipinski definition) is 0. The van der Waals surface area contributed by atoms with E-state index >= 15 is 0 Å². The molecule has 0 atom stereocenters. The number of rotatable bonds is 8. The van der Waals surface area contributed by atoms with Crippen molar-refractivity contribution in [2.45, 2.75) is 0 Å². The summed E-state index contributed by atoms with van der Waals surface area (Å²) < 4.78 is 0. The maximum atomic E-state index is 5.64. The topological polar surface area (TPSA) is 32.3 Å². The molecule has 0 bridgehead atoms. The van der Waals surface area contributed by atoms with E-state index in [-0.39, 0.29) is 0 Å². The molecular weight excluding hydrogens is 881 g/mol. The first-order chi connectivity index (χ1) is 34.7. The standard InChI is InChI=1S/C64H46N4Si2/c1-6-25-47(26-7-1)54-46-63(68-57-39-18-22-43-61(57)70(52-33-12-4-13-34-52,53-35-14-5-15-36-53)62-44-23-19-40-58(62)68)66-64(65-54)48-27-24-28-49(45-48)67-55-37-16-20-41-59(55)69(50-29-8-2-9-30-50,51-31-10-3-11-32-51)60-42-21-17-38-56(60)67/h1-46H. The van der Waals surface area contributed by atoms with Gasteiger partial charge in [0.2, 0.25) is 0 Å². The average Bonchev–Trinajstić information content (AvgIpc) is 3.45. The Hall–Kier alpha value is -8.69. The van der Waals surface area contributed by atoms with E-state index in [9.17, 15) is 0 Å². The number of benzene rings is 10. The first-order valence-corrected chi connectivity index (χ1v) is 28.0. The lowest BCUT2D eigenvalue weighted by Gasteiger charge is -2.45. The van der Waals surface area contributed by atoms with E-state index < -0.39 is 16.1 Å². The molecule has 11 aromatic rings. The van der Waals surface area contributed by atoms with Crippen LogP contribution in [0.2, 0.25) is 0 Å². The Bertz CT molecular complexity index is 3510. The summed E-state index contributed by atoms with van der Waals surface area (Å²) in [6.07, 6.45) is 0. The number of aromatic nitrogens is 2. The van der Waals surface area contributed by atoms with Gasteiger partial charge in [0.1, 0.15) is 5.82 Å². The molecule has 4 nitrogen and oxygen atoms in total. The Morgan fingerprint density at radius 2 is 0.614 bits per heavy atom. The molecule has 330 valence electrons. The largest absolute Gasteiger partial charge is 0.311 e. The highest BCUT2D eigenvalue weighted by Gasteiger charge is 2.50. The fourth-order valence-electron chi connectivity index (χ4n) is 11.6. The molecular formula is C64H46N4Si2.